The number of amides is 4. The van der Waals surface area contributed by atoms with E-state index in [1.165, 1.54) is 18.0 Å². The van der Waals surface area contributed by atoms with Gasteiger partial charge in [0.05, 0.1) is 24.9 Å². The van der Waals surface area contributed by atoms with Gasteiger partial charge in [0.2, 0.25) is 17.5 Å². The van der Waals surface area contributed by atoms with Crippen molar-refractivity contribution >= 4 is 40.5 Å². The van der Waals surface area contributed by atoms with E-state index in [4.69, 9.17) is 9.47 Å². The molecule has 5 N–H and O–H groups in total. The van der Waals surface area contributed by atoms with E-state index in [-0.39, 0.29) is 63.8 Å². The molecule has 4 aromatic rings. The maximum Gasteiger partial charge on any atom is 0.355 e. The highest BCUT2D eigenvalue weighted by Crippen LogP contribution is 2.42. The number of methoxy groups -OCH3 is 1. The number of aromatic nitrogens is 2. The smallest absolute Gasteiger partial charge is 0.355 e. The lowest BCUT2D eigenvalue weighted by Gasteiger charge is -2.40. The first-order valence-corrected chi connectivity index (χ1v) is 23.3. The largest absolute Gasteiger partial charge is 0.508 e. The molecule has 5 heterocycles. The number of likely N-dealkylation sites (N-methyl/N-ethyl adjacent to an activating group) is 1. The van der Waals surface area contributed by atoms with E-state index in [0.717, 1.165) is 54.8 Å². The SMILES string of the molecule is C=CC(=O)N1CC[C@](O)(C(=O)N(C)[C@H](C(=O)N[C@H]2Cc3cc(O)cc(c3)-c3ccc4c(c3)c(c(-c3cnccc3[C@H](C)OC)n4CC)CC(C)(C)COC(=O)[C@@]3(O)CCCN(N3)C2=O)C(C)C)C1. The van der Waals surface area contributed by atoms with Gasteiger partial charge in [0.1, 0.15) is 17.8 Å². The minimum atomic E-state index is -2.30. The number of rotatable bonds is 10. The number of β-amino-alcohol motifs (C(OH)–C–C–N with tert-alkyl or cyclic N) is 1. The van der Waals surface area contributed by atoms with Crippen molar-refractivity contribution in [3.63, 3.8) is 0 Å². The number of pyridine rings is 1. The topological polar surface area (TPSA) is 216 Å². The molecule has 17 heteroatoms. The number of fused-ring (bicyclic) bond motifs is 6. The van der Waals surface area contributed by atoms with Crippen LogP contribution in [0.1, 0.15) is 83.6 Å². The molecule has 4 amide bonds. The lowest BCUT2D eigenvalue weighted by Crippen LogP contribution is -2.67. The summed E-state index contributed by atoms with van der Waals surface area (Å²) in [6, 6.07) is 10.5. The Bertz CT molecular complexity index is 2630. The Labute approximate surface area is 397 Å². The minimum absolute atomic E-state index is 0.0501. The van der Waals surface area contributed by atoms with Crippen molar-refractivity contribution in [1.82, 2.24) is 35.1 Å². The second-order valence-electron chi connectivity index (χ2n) is 19.6. The number of hydrazine groups is 1. The van der Waals surface area contributed by atoms with Gasteiger partial charge in [-0.2, -0.15) is 5.43 Å². The molecule has 0 saturated carbocycles. The molecule has 2 saturated heterocycles. The van der Waals surface area contributed by atoms with Gasteiger partial charge < -0.3 is 44.5 Å². The summed E-state index contributed by atoms with van der Waals surface area (Å²) in [7, 11) is 3.06. The fourth-order valence-corrected chi connectivity index (χ4v) is 10.1. The van der Waals surface area contributed by atoms with E-state index >= 15 is 0 Å². The van der Waals surface area contributed by atoms with Gasteiger partial charge in [-0.25, -0.2) is 4.79 Å². The fraction of sp³-hybridized carbons (Fsp3) is 0.490. The highest BCUT2D eigenvalue weighted by Gasteiger charge is 2.49. The third-order valence-electron chi connectivity index (χ3n) is 13.6. The van der Waals surface area contributed by atoms with E-state index in [9.17, 15) is 39.3 Å². The maximum absolute atomic E-state index is 14.8. The predicted octanol–water partition coefficient (Wildman–Crippen LogP) is 4.40. The molecule has 3 aliphatic rings. The third-order valence-corrected chi connectivity index (χ3v) is 13.6. The first-order valence-electron chi connectivity index (χ1n) is 23.3. The molecule has 364 valence electrons. The molecule has 6 bridgehead atoms. The van der Waals surface area contributed by atoms with Crippen LogP contribution in [-0.4, -0.2) is 133 Å². The number of likely N-dealkylation sites (tertiary alicyclic amines) is 1. The number of aromatic hydroxyl groups is 1. The molecule has 5 atom stereocenters. The molecule has 2 aromatic heterocycles. The predicted molar refractivity (Wildman–Crippen MR) is 254 cm³/mol. The number of ether oxygens (including phenoxy) is 2. The Hall–Kier alpha value is -6.14. The third kappa shape index (κ3) is 9.75. The quantitative estimate of drug-likeness (QED) is 0.111. The van der Waals surface area contributed by atoms with Gasteiger partial charge in [-0.15, -0.1) is 0 Å². The minimum Gasteiger partial charge on any atom is -0.508 e. The van der Waals surface area contributed by atoms with Crippen molar-refractivity contribution < 1.29 is 48.8 Å². The summed E-state index contributed by atoms with van der Waals surface area (Å²) >= 11 is 0. The summed E-state index contributed by atoms with van der Waals surface area (Å²) < 4.78 is 14.0. The second-order valence-corrected chi connectivity index (χ2v) is 19.6. The van der Waals surface area contributed by atoms with Crippen LogP contribution in [0.25, 0.3) is 33.3 Å². The summed E-state index contributed by atoms with van der Waals surface area (Å²) in [5.74, 6) is -4.19. The Balaban J connectivity index is 1.33. The number of hydrogen-bond acceptors (Lipinski definition) is 12. The molecule has 17 nitrogen and oxygen atoms in total. The van der Waals surface area contributed by atoms with Gasteiger partial charge in [-0.05, 0) is 96.8 Å². The van der Waals surface area contributed by atoms with E-state index in [0.29, 0.717) is 24.1 Å². The van der Waals surface area contributed by atoms with E-state index in [1.54, 1.807) is 33.2 Å². The number of phenolic OH excluding ortho intramolecular Hbond substituents is 1. The summed E-state index contributed by atoms with van der Waals surface area (Å²) in [5.41, 5.74) is 4.35. The molecular weight excluding hydrogens is 871 g/mol. The number of hydrogen-bond donors (Lipinski definition) is 5. The zero-order chi connectivity index (χ0) is 49.5. The number of carbonyl (C=O) groups is 5. The molecule has 2 aromatic carbocycles. The van der Waals surface area contributed by atoms with Gasteiger partial charge in [-0.3, -0.25) is 29.2 Å². The summed E-state index contributed by atoms with van der Waals surface area (Å²) in [5, 5.41) is 39.6. The maximum atomic E-state index is 14.8. The number of phenols is 1. The van der Waals surface area contributed by atoms with Crippen molar-refractivity contribution in [1.29, 1.82) is 0 Å². The molecule has 7 rings (SSSR count). The number of esters is 1. The molecule has 0 unspecified atom stereocenters. The number of nitrogens with one attached hydrogen (secondary N) is 2. The van der Waals surface area contributed by atoms with Crippen LogP contribution < -0.4 is 10.7 Å². The molecular formula is C51H65N7O10. The van der Waals surface area contributed by atoms with Gasteiger partial charge in [0.25, 0.3) is 11.8 Å². The van der Waals surface area contributed by atoms with Crippen LogP contribution in [0.4, 0.5) is 0 Å². The Morgan fingerprint density at radius 3 is 2.51 bits per heavy atom. The monoisotopic (exact) mass is 935 g/mol. The highest BCUT2D eigenvalue weighted by atomic mass is 16.6. The van der Waals surface area contributed by atoms with Crippen LogP contribution in [0.5, 0.6) is 5.75 Å². The van der Waals surface area contributed by atoms with Crippen molar-refractivity contribution in [3.05, 3.63) is 84.2 Å². The highest BCUT2D eigenvalue weighted by molar-refractivity contribution is 5.97. The van der Waals surface area contributed by atoms with Gasteiger partial charge in [-0.1, -0.05) is 46.4 Å². The van der Waals surface area contributed by atoms with Crippen LogP contribution in [0, 0.1) is 11.3 Å². The number of aryl methyl sites for hydroxylation is 1. The van der Waals surface area contributed by atoms with Gasteiger partial charge >= 0.3 is 5.97 Å². The summed E-state index contributed by atoms with van der Waals surface area (Å²) in [6.07, 6.45) is 4.80. The van der Waals surface area contributed by atoms with Gasteiger partial charge in [0.15, 0.2) is 5.60 Å². The number of benzene rings is 2. The van der Waals surface area contributed by atoms with Crippen LogP contribution in [0.15, 0.2) is 67.5 Å². The number of nitrogens with zero attached hydrogens (tertiary/aromatic N) is 5. The molecule has 0 radical (unpaired) electrons. The fourth-order valence-electron chi connectivity index (χ4n) is 10.1. The average molecular weight is 936 g/mol. The molecule has 0 spiro atoms. The molecule has 3 aliphatic heterocycles. The summed E-state index contributed by atoms with van der Waals surface area (Å²) in [4.78, 5) is 76.6. The average Bonchev–Trinajstić information content (AvgIpc) is 3.86. The Morgan fingerprint density at radius 1 is 1.07 bits per heavy atom. The van der Waals surface area contributed by atoms with E-state index in [1.807, 2.05) is 51.2 Å². The molecule has 2 fully saturated rings. The first kappa shape index (κ1) is 49.8. The van der Waals surface area contributed by atoms with Gasteiger partial charge in [0, 0.05) is 87.3 Å². The van der Waals surface area contributed by atoms with Crippen molar-refractivity contribution in [2.24, 2.45) is 11.3 Å². The first-order chi connectivity index (χ1) is 32.1. The normalized spacial score (nSPS) is 22.9. The summed E-state index contributed by atoms with van der Waals surface area (Å²) in [6.45, 7) is 15.4. The van der Waals surface area contributed by atoms with Crippen LogP contribution in [0.2, 0.25) is 0 Å². The van der Waals surface area contributed by atoms with Crippen LogP contribution >= 0.6 is 0 Å². The van der Waals surface area contributed by atoms with Crippen molar-refractivity contribution in [3.8, 4) is 28.1 Å². The Morgan fingerprint density at radius 2 is 1.82 bits per heavy atom. The van der Waals surface area contributed by atoms with Crippen LogP contribution in [-0.2, 0) is 52.8 Å². The van der Waals surface area contributed by atoms with E-state index in [2.05, 4.69) is 39.9 Å². The Kier molecular flexibility index (Phi) is 14.2. The standard InChI is InChI=1S/C51H65N7O10/c1-10-42(60)56-20-17-50(65,28-56)47(63)55(8)43(30(3)4)45(61)53-40-23-32-21-34(24-35(59)22-32)33-13-14-41-37(25-33)38(44(57(41)11-2)39-27-52-18-15-36(39)31(5)67-9)26-49(6,7)29-68-48(64)51(66)16-12-19-58(54-51)46(40)62/h10,13-15,18,21-22,24-25,27,30-31,40,43,54,59,65-66H,1,11-12,16-17,19-20,23,26,28-29H2,2-9H3,(H,53,61)/t31-,40-,43-,50+,51-/m0/s1. The van der Waals surface area contributed by atoms with Crippen LogP contribution in [0.3, 0.4) is 0 Å². The zero-order valence-corrected chi connectivity index (χ0v) is 40.3. The van der Waals surface area contributed by atoms with Crippen molar-refractivity contribution in [2.45, 2.75) is 110 Å². The number of aliphatic hydroxyl groups is 2. The van der Waals surface area contributed by atoms with Crippen molar-refractivity contribution in [2.75, 3.05) is 40.4 Å². The lowest BCUT2D eigenvalue weighted by atomic mass is 9.84. The molecule has 0 aliphatic carbocycles. The number of carbonyl (C=O) groups excluding carboxylic acids is 5. The zero-order valence-electron chi connectivity index (χ0n) is 40.3. The second kappa shape index (κ2) is 19.5. The molecule has 68 heavy (non-hydrogen) atoms. The van der Waals surface area contributed by atoms with E-state index < -0.39 is 64.3 Å². The number of cyclic esters (lactones) is 1. The lowest BCUT2D eigenvalue weighted by molar-refractivity contribution is -0.189.